The van der Waals surface area contributed by atoms with Gasteiger partial charge in [0, 0.05) is 37.0 Å². The van der Waals surface area contributed by atoms with E-state index in [1.807, 2.05) is 4.57 Å². The zero-order valence-electron chi connectivity index (χ0n) is 14.0. The standard InChI is InChI=1S/C19H20FNO4/c1-2-25-19(23)17-11-21(9-13-7-8-24-12-13)10-16(18(17)22)14-3-5-15(20)6-4-14/h3-6,10-11,13H,2,7-9,12H2,1H3. The van der Waals surface area contributed by atoms with Crippen molar-refractivity contribution in [1.82, 2.24) is 4.57 Å². The molecule has 1 unspecified atom stereocenters. The molecule has 0 spiro atoms. The smallest absolute Gasteiger partial charge is 0.343 e. The molecule has 1 aliphatic rings. The highest BCUT2D eigenvalue weighted by Crippen LogP contribution is 2.20. The molecule has 1 saturated heterocycles. The average molecular weight is 345 g/mol. The summed E-state index contributed by atoms with van der Waals surface area (Å²) < 4.78 is 25.4. The van der Waals surface area contributed by atoms with Gasteiger partial charge in [0.05, 0.1) is 13.2 Å². The highest BCUT2D eigenvalue weighted by atomic mass is 19.1. The van der Waals surface area contributed by atoms with E-state index in [2.05, 4.69) is 0 Å². The number of carbonyl (C=O) groups is 1. The minimum absolute atomic E-state index is 0.0115. The van der Waals surface area contributed by atoms with Crippen LogP contribution >= 0.6 is 0 Å². The molecule has 1 aromatic carbocycles. The summed E-state index contributed by atoms with van der Waals surface area (Å²) in [5, 5.41) is 0. The first kappa shape index (κ1) is 17.4. The minimum Gasteiger partial charge on any atom is -0.462 e. The molecule has 0 N–H and O–H groups in total. The molecule has 2 heterocycles. The SMILES string of the molecule is CCOC(=O)c1cn(CC2CCOC2)cc(-c2ccc(F)cc2)c1=O. The normalized spacial score (nSPS) is 16.8. The molecule has 0 radical (unpaired) electrons. The summed E-state index contributed by atoms with van der Waals surface area (Å²) in [5.74, 6) is -0.694. The number of esters is 1. The van der Waals surface area contributed by atoms with Crippen LogP contribution in [0.2, 0.25) is 0 Å². The maximum atomic E-state index is 13.2. The minimum atomic E-state index is -0.645. The molecule has 132 valence electrons. The van der Waals surface area contributed by atoms with Crippen LogP contribution in [0.25, 0.3) is 11.1 Å². The van der Waals surface area contributed by atoms with E-state index in [4.69, 9.17) is 9.47 Å². The van der Waals surface area contributed by atoms with Gasteiger partial charge in [-0.1, -0.05) is 12.1 Å². The molecule has 6 heteroatoms. The number of ether oxygens (including phenoxy) is 2. The van der Waals surface area contributed by atoms with Gasteiger partial charge < -0.3 is 14.0 Å². The first-order valence-electron chi connectivity index (χ1n) is 8.33. The van der Waals surface area contributed by atoms with Gasteiger partial charge in [-0.25, -0.2) is 9.18 Å². The number of pyridine rings is 1. The van der Waals surface area contributed by atoms with Crippen molar-refractivity contribution in [1.29, 1.82) is 0 Å². The number of hydrogen-bond acceptors (Lipinski definition) is 4. The monoisotopic (exact) mass is 345 g/mol. The van der Waals surface area contributed by atoms with Crippen LogP contribution in [0.5, 0.6) is 0 Å². The number of nitrogens with zero attached hydrogens (tertiary/aromatic N) is 1. The number of carbonyl (C=O) groups excluding carboxylic acids is 1. The zero-order valence-corrected chi connectivity index (χ0v) is 14.0. The Labute approximate surface area is 145 Å². The van der Waals surface area contributed by atoms with E-state index in [9.17, 15) is 14.0 Å². The third kappa shape index (κ3) is 3.96. The Bertz CT molecular complexity index is 807. The van der Waals surface area contributed by atoms with Crippen LogP contribution in [-0.2, 0) is 16.0 Å². The molecule has 0 amide bonds. The van der Waals surface area contributed by atoms with Crippen molar-refractivity contribution < 1.29 is 18.7 Å². The Balaban J connectivity index is 2.05. The van der Waals surface area contributed by atoms with Gasteiger partial charge in [0.15, 0.2) is 0 Å². The van der Waals surface area contributed by atoms with Crippen LogP contribution in [0, 0.1) is 11.7 Å². The molecule has 25 heavy (non-hydrogen) atoms. The molecule has 3 rings (SSSR count). The fourth-order valence-electron chi connectivity index (χ4n) is 2.95. The van der Waals surface area contributed by atoms with Crippen LogP contribution in [0.15, 0.2) is 41.5 Å². The van der Waals surface area contributed by atoms with Crippen LogP contribution in [0.1, 0.15) is 23.7 Å². The Morgan fingerprint density at radius 2 is 2.08 bits per heavy atom. The molecular formula is C19H20FNO4. The van der Waals surface area contributed by atoms with Crippen molar-refractivity contribution in [2.45, 2.75) is 19.9 Å². The van der Waals surface area contributed by atoms with Gasteiger partial charge in [0.1, 0.15) is 11.4 Å². The van der Waals surface area contributed by atoms with E-state index in [1.165, 1.54) is 30.5 Å². The second-order valence-electron chi connectivity index (χ2n) is 6.07. The molecule has 1 fully saturated rings. The quantitative estimate of drug-likeness (QED) is 0.782. The molecule has 1 aliphatic heterocycles. The molecule has 1 atom stereocenters. The maximum Gasteiger partial charge on any atom is 0.343 e. The lowest BCUT2D eigenvalue weighted by atomic mass is 10.0. The topological polar surface area (TPSA) is 57.5 Å². The molecule has 2 aromatic rings. The van der Waals surface area contributed by atoms with Gasteiger partial charge in [-0.2, -0.15) is 0 Å². The summed E-state index contributed by atoms with van der Waals surface area (Å²) in [6, 6.07) is 5.65. The Morgan fingerprint density at radius 1 is 1.32 bits per heavy atom. The van der Waals surface area contributed by atoms with E-state index >= 15 is 0 Å². The van der Waals surface area contributed by atoms with Crippen molar-refractivity contribution in [3.8, 4) is 11.1 Å². The maximum absolute atomic E-state index is 13.2. The van der Waals surface area contributed by atoms with E-state index < -0.39 is 11.4 Å². The number of halogens is 1. The van der Waals surface area contributed by atoms with Gasteiger partial charge in [-0.05, 0) is 31.0 Å². The van der Waals surface area contributed by atoms with Crippen molar-refractivity contribution in [3.05, 3.63) is 58.3 Å². The largest absolute Gasteiger partial charge is 0.462 e. The fourth-order valence-corrected chi connectivity index (χ4v) is 2.95. The lowest BCUT2D eigenvalue weighted by molar-refractivity contribution is 0.0523. The van der Waals surface area contributed by atoms with E-state index in [0.29, 0.717) is 30.2 Å². The summed E-state index contributed by atoms with van der Waals surface area (Å²) in [6.07, 6.45) is 4.18. The number of hydrogen-bond donors (Lipinski definition) is 0. The van der Waals surface area contributed by atoms with E-state index in [-0.39, 0.29) is 18.0 Å². The third-order valence-corrected chi connectivity index (χ3v) is 4.22. The van der Waals surface area contributed by atoms with Crippen molar-refractivity contribution in [2.24, 2.45) is 5.92 Å². The second kappa shape index (κ2) is 7.61. The predicted octanol–water partition coefficient (Wildman–Crippen LogP) is 2.87. The number of rotatable bonds is 5. The first-order chi connectivity index (χ1) is 12.1. The lowest BCUT2D eigenvalue weighted by Gasteiger charge is -2.15. The molecular weight excluding hydrogens is 325 g/mol. The van der Waals surface area contributed by atoms with Crippen LogP contribution in [-0.4, -0.2) is 30.4 Å². The Kier molecular flexibility index (Phi) is 5.28. The number of benzene rings is 1. The van der Waals surface area contributed by atoms with Crippen LogP contribution in [0.4, 0.5) is 4.39 Å². The van der Waals surface area contributed by atoms with Crippen molar-refractivity contribution >= 4 is 5.97 Å². The predicted molar refractivity (Wildman–Crippen MR) is 91.0 cm³/mol. The lowest BCUT2D eigenvalue weighted by Crippen LogP contribution is -2.23. The Hall–Kier alpha value is -2.47. The molecule has 0 bridgehead atoms. The first-order valence-corrected chi connectivity index (χ1v) is 8.33. The fraction of sp³-hybridized carbons (Fsp3) is 0.368. The van der Waals surface area contributed by atoms with Gasteiger partial charge in [0.25, 0.3) is 0 Å². The average Bonchev–Trinajstić information content (AvgIpc) is 3.10. The van der Waals surface area contributed by atoms with Crippen LogP contribution < -0.4 is 5.43 Å². The van der Waals surface area contributed by atoms with Crippen LogP contribution in [0.3, 0.4) is 0 Å². The summed E-state index contributed by atoms with van der Waals surface area (Å²) in [6.45, 7) is 3.90. The highest BCUT2D eigenvalue weighted by molar-refractivity contribution is 5.90. The van der Waals surface area contributed by atoms with E-state index in [0.717, 1.165) is 13.0 Å². The summed E-state index contributed by atoms with van der Waals surface area (Å²) in [4.78, 5) is 24.9. The zero-order chi connectivity index (χ0) is 17.8. The Morgan fingerprint density at radius 3 is 2.72 bits per heavy atom. The van der Waals surface area contributed by atoms with Gasteiger partial charge >= 0.3 is 5.97 Å². The highest BCUT2D eigenvalue weighted by Gasteiger charge is 2.20. The molecule has 0 aliphatic carbocycles. The summed E-state index contributed by atoms with van der Waals surface area (Å²) in [7, 11) is 0. The van der Waals surface area contributed by atoms with Crippen molar-refractivity contribution in [3.63, 3.8) is 0 Å². The van der Waals surface area contributed by atoms with Gasteiger partial charge in [-0.3, -0.25) is 4.79 Å². The van der Waals surface area contributed by atoms with Gasteiger partial charge in [0.2, 0.25) is 5.43 Å². The third-order valence-electron chi connectivity index (χ3n) is 4.22. The molecule has 5 nitrogen and oxygen atoms in total. The molecule has 1 aromatic heterocycles. The second-order valence-corrected chi connectivity index (χ2v) is 6.07. The van der Waals surface area contributed by atoms with E-state index in [1.54, 1.807) is 13.1 Å². The molecule has 0 saturated carbocycles. The summed E-state index contributed by atoms with van der Waals surface area (Å²) >= 11 is 0. The number of aromatic nitrogens is 1. The van der Waals surface area contributed by atoms with Crippen molar-refractivity contribution in [2.75, 3.05) is 19.8 Å². The van der Waals surface area contributed by atoms with Gasteiger partial charge in [-0.15, -0.1) is 0 Å². The summed E-state index contributed by atoms with van der Waals surface area (Å²) in [5.41, 5.74) is 0.491.